The zero-order chi connectivity index (χ0) is 14.8. The summed E-state index contributed by atoms with van der Waals surface area (Å²) in [5.74, 6) is 1.02. The van der Waals surface area contributed by atoms with E-state index in [4.69, 9.17) is 15.0 Å². The molecule has 2 aromatic carbocycles. The second-order valence-electron chi connectivity index (χ2n) is 4.45. The lowest BCUT2D eigenvalue weighted by Crippen LogP contribution is -1.92. The van der Waals surface area contributed by atoms with Gasteiger partial charge in [-0.25, -0.2) is 0 Å². The standard InChI is InChI=1S/C16H13IN2O2/c1-20-13-9-5-3-7-11(13)14-15(19-21-16(14)18)10-6-2-4-8-12(10)17/h2-9H,18H2,1H3. The third-order valence-corrected chi connectivity index (χ3v) is 4.16. The number of anilines is 1. The summed E-state index contributed by atoms with van der Waals surface area (Å²) < 4.78 is 11.7. The molecule has 0 amide bonds. The number of rotatable bonds is 3. The number of benzene rings is 2. The number of nitrogens with two attached hydrogens (primary N) is 1. The predicted molar refractivity (Wildman–Crippen MR) is 91.1 cm³/mol. The van der Waals surface area contributed by atoms with Crippen molar-refractivity contribution in [1.82, 2.24) is 5.16 Å². The Hall–Kier alpha value is -2.02. The smallest absolute Gasteiger partial charge is 0.230 e. The van der Waals surface area contributed by atoms with E-state index in [1.807, 2.05) is 48.5 Å². The third kappa shape index (κ3) is 2.49. The number of nitrogen functional groups attached to an aromatic ring is 1. The maximum absolute atomic E-state index is 6.00. The Kier molecular flexibility index (Phi) is 3.83. The highest BCUT2D eigenvalue weighted by Crippen LogP contribution is 2.41. The minimum absolute atomic E-state index is 0.286. The lowest BCUT2D eigenvalue weighted by Gasteiger charge is -2.09. The van der Waals surface area contributed by atoms with Gasteiger partial charge in [0.25, 0.3) is 0 Å². The minimum atomic E-state index is 0.286. The Morgan fingerprint density at radius 3 is 2.43 bits per heavy atom. The number of methoxy groups -OCH3 is 1. The number of aromatic nitrogens is 1. The van der Waals surface area contributed by atoms with Crippen LogP contribution in [0.2, 0.25) is 0 Å². The fraction of sp³-hybridized carbons (Fsp3) is 0.0625. The Morgan fingerprint density at radius 2 is 1.71 bits per heavy atom. The van der Waals surface area contributed by atoms with Crippen LogP contribution in [-0.2, 0) is 0 Å². The molecule has 3 aromatic rings. The molecular weight excluding hydrogens is 379 g/mol. The van der Waals surface area contributed by atoms with Crippen molar-refractivity contribution in [3.63, 3.8) is 0 Å². The van der Waals surface area contributed by atoms with Crippen molar-refractivity contribution in [3.8, 4) is 28.1 Å². The average molecular weight is 392 g/mol. The molecule has 5 heteroatoms. The molecule has 0 aliphatic carbocycles. The van der Waals surface area contributed by atoms with Crippen molar-refractivity contribution in [2.75, 3.05) is 12.8 Å². The average Bonchev–Trinajstić information content (AvgIpc) is 2.89. The summed E-state index contributed by atoms with van der Waals surface area (Å²) in [5.41, 5.74) is 9.34. The van der Waals surface area contributed by atoms with E-state index in [-0.39, 0.29) is 5.88 Å². The van der Waals surface area contributed by atoms with Gasteiger partial charge in [0.1, 0.15) is 11.4 Å². The number of hydrogen-bond acceptors (Lipinski definition) is 4. The fourth-order valence-electron chi connectivity index (χ4n) is 2.25. The van der Waals surface area contributed by atoms with E-state index in [2.05, 4.69) is 27.7 Å². The molecule has 0 unspecified atom stereocenters. The van der Waals surface area contributed by atoms with E-state index >= 15 is 0 Å². The first-order valence-electron chi connectivity index (χ1n) is 6.36. The van der Waals surface area contributed by atoms with Crippen LogP contribution in [0.3, 0.4) is 0 Å². The van der Waals surface area contributed by atoms with Crippen molar-refractivity contribution in [2.45, 2.75) is 0 Å². The Morgan fingerprint density at radius 1 is 1.05 bits per heavy atom. The van der Waals surface area contributed by atoms with E-state index in [1.54, 1.807) is 7.11 Å². The molecule has 106 valence electrons. The highest BCUT2D eigenvalue weighted by molar-refractivity contribution is 14.1. The molecule has 0 fully saturated rings. The van der Waals surface area contributed by atoms with Gasteiger partial charge < -0.3 is 15.0 Å². The van der Waals surface area contributed by atoms with Crippen molar-refractivity contribution < 1.29 is 9.26 Å². The molecule has 0 saturated heterocycles. The Bertz CT molecular complexity index is 783. The first-order chi connectivity index (χ1) is 10.2. The zero-order valence-electron chi connectivity index (χ0n) is 11.3. The Labute approximate surface area is 136 Å². The van der Waals surface area contributed by atoms with Crippen molar-refractivity contribution in [2.24, 2.45) is 0 Å². The van der Waals surface area contributed by atoms with Crippen LogP contribution in [0.15, 0.2) is 53.1 Å². The van der Waals surface area contributed by atoms with Crippen LogP contribution in [0.4, 0.5) is 5.88 Å². The maximum atomic E-state index is 6.00. The Balaban J connectivity index is 2.25. The number of halogens is 1. The molecule has 21 heavy (non-hydrogen) atoms. The molecule has 0 spiro atoms. The first kappa shape index (κ1) is 13.9. The van der Waals surface area contributed by atoms with Crippen LogP contribution in [0, 0.1) is 3.57 Å². The molecule has 0 atom stereocenters. The van der Waals surface area contributed by atoms with Crippen LogP contribution in [0.25, 0.3) is 22.4 Å². The van der Waals surface area contributed by atoms with Gasteiger partial charge in [0.05, 0.1) is 12.7 Å². The lowest BCUT2D eigenvalue weighted by atomic mass is 10.0. The van der Waals surface area contributed by atoms with E-state index < -0.39 is 0 Å². The normalized spacial score (nSPS) is 10.6. The summed E-state index contributed by atoms with van der Waals surface area (Å²) in [7, 11) is 1.63. The summed E-state index contributed by atoms with van der Waals surface area (Å²) in [4.78, 5) is 0. The molecule has 3 rings (SSSR count). The largest absolute Gasteiger partial charge is 0.496 e. The molecular formula is C16H13IN2O2. The van der Waals surface area contributed by atoms with Gasteiger partial charge in [-0.05, 0) is 34.7 Å². The summed E-state index contributed by atoms with van der Waals surface area (Å²) in [6.07, 6.45) is 0. The summed E-state index contributed by atoms with van der Waals surface area (Å²) >= 11 is 2.27. The zero-order valence-corrected chi connectivity index (χ0v) is 13.5. The molecule has 0 aliphatic rings. The van der Waals surface area contributed by atoms with E-state index in [9.17, 15) is 0 Å². The summed E-state index contributed by atoms with van der Waals surface area (Å²) in [5, 5.41) is 4.14. The fourth-order valence-corrected chi connectivity index (χ4v) is 2.89. The lowest BCUT2D eigenvalue weighted by molar-refractivity contribution is 0.416. The van der Waals surface area contributed by atoms with Gasteiger partial charge in [-0.1, -0.05) is 41.6 Å². The van der Waals surface area contributed by atoms with Crippen molar-refractivity contribution in [1.29, 1.82) is 0 Å². The van der Waals surface area contributed by atoms with E-state index in [1.165, 1.54) is 0 Å². The third-order valence-electron chi connectivity index (χ3n) is 3.22. The van der Waals surface area contributed by atoms with Crippen LogP contribution >= 0.6 is 22.6 Å². The number of ether oxygens (including phenoxy) is 1. The van der Waals surface area contributed by atoms with Gasteiger partial charge in [0.2, 0.25) is 5.88 Å². The molecule has 4 nitrogen and oxygen atoms in total. The second kappa shape index (κ2) is 5.77. The molecule has 0 bridgehead atoms. The van der Waals surface area contributed by atoms with Crippen molar-refractivity contribution >= 4 is 28.5 Å². The van der Waals surface area contributed by atoms with Gasteiger partial charge in [-0.15, -0.1) is 0 Å². The van der Waals surface area contributed by atoms with Gasteiger partial charge >= 0.3 is 0 Å². The SMILES string of the molecule is COc1ccccc1-c1c(-c2ccccc2I)noc1N. The number of para-hydroxylation sites is 1. The molecule has 0 aliphatic heterocycles. The predicted octanol–water partition coefficient (Wildman–Crippen LogP) is 4.20. The number of nitrogens with zero attached hydrogens (tertiary/aromatic N) is 1. The maximum Gasteiger partial charge on any atom is 0.230 e. The quantitative estimate of drug-likeness (QED) is 0.679. The molecule has 0 saturated carbocycles. The van der Waals surface area contributed by atoms with Gasteiger partial charge in [-0.2, -0.15) is 0 Å². The van der Waals surface area contributed by atoms with E-state index in [0.29, 0.717) is 0 Å². The highest BCUT2D eigenvalue weighted by atomic mass is 127. The van der Waals surface area contributed by atoms with Gasteiger partial charge in [0, 0.05) is 14.7 Å². The monoisotopic (exact) mass is 392 g/mol. The molecule has 1 heterocycles. The van der Waals surface area contributed by atoms with Crippen LogP contribution in [0.5, 0.6) is 5.75 Å². The van der Waals surface area contributed by atoms with Crippen molar-refractivity contribution in [3.05, 3.63) is 52.1 Å². The highest BCUT2D eigenvalue weighted by Gasteiger charge is 2.21. The van der Waals surface area contributed by atoms with Crippen LogP contribution < -0.4 is 10.5 Å². The molecule has 0 radical (unpaired) electrons. The van der Waals surface area contributed by atoms with Crippen LogP contribution in [-0.4, -0.2) is 12.3 Å². The molecule has 2 N–H and O–H groups in total. The van der Waals surface area contributed by atoms with Crippen LogP contribution in [0.1, 0.15) is 0 Å². The molecule has 1 aromatic heterocycles. The van der Waals surface area contributed by atoms with E-state index in [0.717, 1.165) is 31.7 Å². The minimum Gasteiger partial charge on any atom is -0.496 e. The van der Waals surface area contributed by atoms with Gasteiger partial charge in [0.15, 0.2) is 0 Å². The summed E-state index contributed by atoms with van der Waals surface area (Å²) in [6.45, 7) is 0. The van der Waals surface area contributed by atoms with Gasteiger partial charge in [-0.3, -0.25) is 0 Å². The first-order valence-corrected chi connectivity index (χ1v) is 7.43. The second-order valence-corrected chi connectivity index (χ2v) is 5.61. The topological polar surface area (TPSA) is 61.3 Å². The number of hydrogen-bond donors (Lipinski definition) is 1. The summed E-state index contributed by atoms with van der Waals surface area (Å²) in [6, 6.07) is 15.7.